The number of aryl methyl sites for hydroxylation is 1. The summed E-state index contributed by atoms with van der Waals surface area (Å²) in [7, 11) is 0. The van der Waals surface area contributed by atoms with Crippen molar-refractivity contribution in [3.8, 4) is 0 Å². The molecule has 0 aliphatic heterocycles. The van der Waals surface area contributed by atoms with Gasteiger partial charge in [-0.1, -0.05) is 23.2 Å². The Kier molecular flexibility index (Phi) is 3.54. The molecule has 0 aliphatic carbocycles. The minimum absolute atomic E-state index is 0.282. The number of benzene rings is 1. The van der Waals surface area contributed by atoms with E-state index in [2.05, 4.69) is 4.98 Å². The summed E-state index contributed by atoms with van der Waals surface area (Å²) in [5.41, 5.74) is 8.63. The van der Waals surface area contributed by atoms with Crippen molar-refractivity contribution in [2.75, 3.05) is 0 Å². The topological polar surface area (TPSA) is 38.9 Å². The Morgan fingerprint density at radius 1 is 1.22 bits per heavy atom. The normalized spacial score (nSPS) is 12.1. The third-order valence-electron chi connectivity index (χ3n) is 2.71. The molecule has 0 atom stereocenters. The number of hydrogen-bond donors (Lipinski definition) is 1. The van der Waals surface area contributed by atoms with Gasteiger partial charge in [-0.2, -0.15) is 0 Å². The standard InChI is InChI=1S/C14H16Cl2N2/c1-8-4-10(7-14(2,3)17)18-12-6-9(15)5-11(16)13(8)12/h4-6H,7,17H2,1-3H3. The number of pyridine rings is 1. The monoisotopic (exact) mass is 282 g/mol. The molecule has 0 amide bonds. The fourth-order valence-corrected chi connectivity index (χ4v) is 2.74. The summed E-state index contributed by atoms with van der Waals surface area (Å²) in [5, 5.41) is 2.20. The van der Waals surface area contributed by atoms with E-state index in [9.17, 15) is 0 Å². The molecule has 0 saturated heterocycles. The van der Waals surface area contributed by atoms with Gasteiger partial charge in [-0.3, -0.25) is 4.98 Å². The van der Waals surface area contributed by atoms with Gasteiger partial charge in [-0.15, -0.1) is 0 Å². The van der Waals surface area contributed by atoms with Gasteiger partial charge in [0.05, 0.1) is 10.5 Å². The summed E-state index contributed by atoms with van der Waals surface area (Å²) in [4.78, 5) is 4.59. The van der Waals surface area contributed by atoms with Crippen LogP contribution in [0.1, 0.15) is 25.1 Å². The lowest BCUT2D eigenvalue weighted by Crippen LogP contribution is -2.34. The largest absolute Gasteiger partial charge is 0.325 e. The molecule has 0 fully saturated rings. The number of nitrogens with zero attached hydrogens (tertiary/aromatic N) is 1. The van der Waals surface area contributed by atoms with Crippen LogP contribution in [-0.4, -0.2) is 10.5 Å². The van der Waals surface area contributed by atoms with Gasteiger partial charge in [0.1, 0.15) is 0 Å². The SMILES string of the molecule is Cc1cc(CC(C)(C)N)nc2cc(Cl)cc(Cl)c12. The Morgan fingerprint density at radius 3 is 2.50 bits per heavy atom. The molecule has 0 spiro atoms. The maximum absolute atomic E-state index is 6.20. The van der Waals surface area contributed by atoms with Crippen LogP contribution in [0.4, 0.5) is 0 Å². The maximum Gasteiger partial charge on any atom is 0.0737 e. The molecule has 0 saturated carbocycles. The highest BCUT2D eigenvalue weighted by Gasteiger charge is 2.15. The summed E-state index contributed by atoms with van der Waals surface area (Å²) < 4.78 is 0. The predicted octanol–water partition coefficient (Wildman–Crippen LogP) is 4.13. The van der Waals surface area contributed by atoms with Crippen molar-refractivity contribution >= 4 is 34.1 Å². The summed E-state index contributed by atoms with van der Waals surface area (Å²) >= 11 is 12.2. The van der Waals surface area contributed by atoms with E-state index in [4.69, 9.17) is 28.9 Å². The molecule has 2 nitrogen and oxygen atoms in total. The second-order valence-corrected chi connectivity index (χ2v) is 6.22. The van der Waals surface area contributed by atoms with Crippen molar-refractivity contribution in [1.29, 1.82) is 0 Å². The van der Waals surface area contributed by atoms with Crippen LogP contribution >= 0.6 is 23.2 Å². The van der Waals surface area contributed by atoms with E-state index in [-0.39, 0.29) is 5.54 Å². The van der Waals surface area contributed by atoms with Crippen LogP contribution < -0.4 is 5.73 Å². The van der Waals surface area contributed by atoms with Gasteiger partial charge < -0.3 is 5.73 Å². The van der Waals surface area contributed by atoms with Crippen LogP contribution in [0.5, 0.6) is 0 Å². The second kappa shape index (κ2) is 4.69. The van der Waals surface area contributed by atoms with Crippen molar-refractivity contribution in [3.63, 3.8) is 0 Å². The molecule has 18 heavy (non-hydrogen) atoms. The van der Waals surface area contributed by atoms with E-state index in [1.165, 1.54) is 0 Å². The fraction of sp³-hybridized carbons (Fsp3) is 0.357. The van der Waals surface area contributed by atoms with Gasteiger partial charge in [0, 0.05) is 28.1 Å². The van der Waals surface area contributed by atoms with Crippen molar-refractivity contribution in [2.24, 2.45) is 5.73 Å². The summed E-state index contributed by atoms with van der Waals surface area (Å²) in [6, 6.07) is 5.62. The Labute approximate surface area is 117 Å². The molecule has 2 rings (SSSR count). The molecule has 1 heterocycles. The van der Waals surface area contributed by atoms with Crippen LogP contribution in [-0.2, 0) is 6.42 Å². The smallest absolute Gasteiger partial charge is 0.0737 e. The number of halogens is 2. The van der Waals surface area contributed by atoms with Crippen LogP contribution in [0.25, 0.3) is 10.9 Å². The molecular weight excluding hydrogens is 267 g/mol. The highest BCUT2D eigenvalue weighted by atomic mass is 35.5. The third kappa shape index (κ3) is 2.94. The number of aromatic nitrogens is 1. The van der Waals surface area contributed by atoms with E-state index in [0.29, 0.717) is 16.5 Å². The van der Waals surface area contributed by atoms with E-state index >= 15 is 0 Å². The van der Waals surface area contributed by atoms with E-state index < -0.39 is 0 Å². The molecule has 2 aromatic rings. The molecule has 4 heteroatoms. The third-order valence-corrected chi connectivity index (χ3v) is 3.23. The lowest BCUT2D eigenvalue weighted by molar-refractivity contribution is 0.511. The minimum Gasteiger partial charge on any atom is -0.325 e. The summed E-state index contributed by atoms with van der Waals surface area (Å²) in [6.45, 7) is 6.00. The number of rotatable bonds is 2. The lowest BCUT2D eigenvalue weighted by atomic mass is 9.98. The molecule has 96 valence electrons. The Hall–Kier alpha value is -0.830. The first-order chi connectivity index (χ1) is 8.26. The molecule has 1 aromatic carbocycles. The number of fused-ring (bicyclic) bond motifs is 1. The zero-order valence-electron chi connectivity index (χ0n) is 10.7. The Balaban J connectivity index is 2.62. The van der Waals surface area contributed by atoms with Gasteiger partial charge in [0.15, 0.2) is 0 Å². The zero-order valence-corrected chi connectivity index (χ0v) is 12.2. The molecule has 0 unspecified atom stereocenters. The van der Waals surface area contributed by atoms with Crippen molar-refractivity contribution < 1.29 is 0 Å². The van der Waals surface area contributed by atoms with Crippen LogP contribution in [0.15, 0.2) is 18.2 Å². The van der Waals surface area contributed by atoms with Crippen molar-refractivity contribution in [1.82, 2.24) is 4.98 Å². The Bertz CT molecular complexity index is 601. The van der Waals surface area contributed by atoms with Crippen LogP contribution in [0, 0.1) is 6.92 Å². The summed E-state index contributed by atoms with van der Waals surface area (Å²) in [6.07, 6.45) is 0.716. The number of hydrogen-bond acceptors (Lipinski definition) is 2. The average molecular weight is 283 g/mol. The fourth-order valence-electron chi connectivity index (χ4n) is 2.11. The van der Waals surface area contributed by atoms with Gasteiger partial charge >= 0.3 is 0 Å². The predicted molar refractivity (Wildman–Crippen MR) is 78.5 cm³/mol. The molecule has 0 bridgehead atoms. The highest BCUT2D eigenvalue weighted by Crippen LogP contribution is 2.30. The molecule has 2 N–H and O–H groups in total. The van der Waals surface area contributed by atoms with Crippen LogP contribution in [0.3, 0.4) is 0 Å². The highest BCUT2D eigenvalue weighted by molar-refractivity contribution is 6.38. The van der Waals surface area contributed by atoms with E-state index in [1.54, 1.807) is 6.07 Å². The van der Waals surface area contributed by atoms with Crippen LogP contribution in [0.2, 0.25) is 10.0 Å². The minimum atomic E-state index is -0.282. The first-order valence-corrected chi connectivity index (χ1v) is 6.56. The Morgan fingerprint density at radius 2 is 1.89 bits per heavy atom. The van der Waals surface area contributed by atoms with Gasteiger partial charge in [0.25, 0.3) is 0 Å². The second-order valence-electron chi connectivity index (χ2n) is 5.38. The van der Waals surface area contributed by atoms with E-state index in [0.717, 1.165) is 22.2 Å². The van der Waals surface area contributed by atoms with Gasteiger partial charge in [-0.25, -0.2) is 0 Å². The van der Waals surface area contributed by atoms with E-state index in [1.807, 2.05) is 32.9 Å². The van der Waals surface area contributed by atoms with Gasteiger partial charge in [-0.05, 0) is 44.5 Å². The number of nitrogens with two attached hydrogens (primary N) is 1. The lowest BCUT2D eigenvalue weighted by Gasteiger charge is -2.18. The quantitative estimate of drug-likeness (QED) is 0.900. The van der Waals surface area contributed by atoms with Crippen molar-refractivity contribution in [3.05, 3.63) is 39.5 Å². The first-order valence-electron chi connectivity index (χ1n) is 5.80. The average Bonchev–Trinajstić information content (AvgIpc) is 2.11. The molecular formula is C14H16Cl2N2. The van der Waals surface area contributed by atoms with Crippen molar-refractivity contribution in [2.45, 2.75) is 32.7 Å². The zero-order chi connectivity index (χ0) is 13.5. The maximum atomic E-state index is 6.20. The van der Waals surface area contributed by atoms with Gasteiger partial charge in [0.2, 0.25) is 0 Å². The molecule has 1 aromatic heterocycles. The molecule has 0 radical (unpaired) electrons. The molecule has 0 aliphatic rings. The summed E-state index contributed by atoms with van der Waals surface area (Å²) in [5.74, 6) is 0. The first kappa shape index (κ1) is 13.6.